The second-order valence-electron chi connectivity index (χ2n) is 7.59. The maximum atomic E-state index is 12.1. The SMILES string of the molecule is COC(=O)c1ccc(/C=C/C(=O)OCC(=O)Nc2ccc3c(c2)OC2(CCCC2)O3)cc1. The van der Waals surface area contributed by atoms with Crippen molar-refractivity contribution in [2.24, 2.45) is 0 Å². The number of methoxy groups -OCH3 is 1. The zero-order valence-corrected chi connectivity index (χ0v) is 17.6. The Morgan fingerprint density at radius 2 is 1.75 bits per heavy atom. The molecule has 1 aliphatic carbocycles. The number of ether oxygens (including phenoxy) is 4. The van der Waals surface area contributed by atoms with Gasteiger partial charge in [0.2, 0.25) is 0 Å². The van der Waals surface area contributed by atoms with E-state index in [9.17, 15) is 14.4 Å². The lowest BCUT2D eigenvalue weighted by Gasteiger charge is -2.21. The average molecular weight is 437 g/mol. The second-order valence-corrected chi connectivity index (χ2v) is 7.59. The van der Waals surface area contributed by atoms with E-state index in [0.29, 0.717) is 28.3 Å². The van der Waals surface area contributed by atoms with Crippen LogP contribution in [-0.4, -0.2) is 37.3 Å². The summed E-state index contributed by atoms with van der Waals surface area (Å²) in [6, 6.07) is 11.7. The van der Waals surface area contributed by atoms with Gasteiger partial charge in [-0.2, -0.15) is 0 Å². The van der Waals surface area contributed by atoms with E-state index in [1.165, 1.54) is 19.3 Å². The first-order chi connectivity index (χ1) is 15.5. The first kappa shape index (κ1) is 21.4. The Balaban J connectivity index is 1.25. The molecule has 8 heteroatoms. The molecule has 1 N–H and O–H groups in total. The standard InChI is InChI=1S/C24H23NO7/c1-29-23(28)17-7-4-16(5-8-17)6-11-22(27)30-15-21(26)25-18-9-10-19-20(14-18)32-24(31-19)12-2-3-13-24/h4-11,14H,2-3,12-13,15H2,1H3,(H,25,26)/b11-6+. The van der Waals surface area contributed by atoms with Crippen molar-refractivity contribution in [1.82, 2.24) is 0 Å². The van der Waals surface area contributed by atoms with E-state index in [1.54, 1.807) is 42.5 Å². The third-order valence-corrected chi connectivity index (χ3v) is 5.27. The minimum atomic E-state index is -0.661. The van der Waals surface area contributed by atoms with Crippen LogP contribution in [0.2, 0.25) is 0 Å². The molecule has 0 radical (unpaired) electrons. The summed E-state index contributed by atoms with van der Waals surface area (Å²) in [5.74, 6) is -0.864. The topological polar surface area (TPSA) is 100 Å². The predicted octanol–water partition coefficient (Wildman–Crippen LogP) is 3.71. The van der Waals surface area contributed by atoms with Crippen LogP contribution in [0.4, 0.5) is 5.69 Å². The van der Waals surface area contributed by atoms with Gasteiger partial charge in [-0.3, -0.25) is 4.79 Å². The number of fused-ring (bicyclic) bond motifs is 1. The van der Waals surface area contributed by atoms with Crippen molar-refractivity contribution < 1.29 is 33.3 Å². The molecule has 0 unspecified atom stereocenters. The molecule has 1 saturated carbocycles. The molecule has 1 amide bonds. The Labute approximate surface area is 185 Å². The molecule has 2 aliphatic rings. The molecule has 2 aromatic rings. The summed E-state index contributed by atoms with van der Waals surface area (Å²) in [4.78, 5) is 35.5. The van der Waals surface area contributed by atoms with E-state index in [-0.39, 0.29) is 0 Å². The summed E-state index contributed by atoms with van der Waals surface area (Å²) >= 11 is 0. The van der Waals surface area contributed by atoms with E-state index in [1.807, 2.05) is 0 Å². The van der Waals surface area contributed by atoms with Crippen LogP contribution < -0.4 is 14.8 Å². The van der Waals surface area contributed by atoms with Gasteiger partial charge in [0.15, 0.2) is 18.1 Å². The maximum absolute atomic E-state index is 12.1. The van der Waals surface area contributed by atoms with Gasteiger partial charge in [0, 0.05) is 30.7 Å². The highest BCUT2D eigenvalue weighted by molar-refractivity contribution is 5.95. The highest BCUT2D eigenvalue weighted by Crippen LogP contribution is 2.47. The van der Waals surface area contributed by atoms with Crippen molar-refractivity contribution in [3.8, 4) is 11.5 Å². The highest BCUT2D eigenvalue weighted by Gasteiger charge is 2.44. The quantitative estimate of drug-likeness (QED) is 0.543. The number of nitrogens with one attached hydrogen (secondary N) is 1. The fourth-order valence-corrected chi connectivity index (χ4v) is 3.68. The summed E-state index contributed by atoms with van der Waals surface area (Å²) in [5, 5.41) is 2.68. The van der Waals surface area contributed by atoms with Crippen LogP contribution in [0.3, 0.4) is 0 Å². The number of anilines is 1. The monoisotopic (exact) mass is 437 g/mol. The molecular weight excluding hydrogens is 414 g/mol. The van der Waals surface area contributed by atoms with Gasteiger partial charge in [-0.05, 0) is 48.7 Å². The number of carbonyl (C=O) groups is 3. The fourth-order valence-electron chi connectivity index (χ4n) is 3.68. The molecule has 1 aliphatic heterocycles. The van der Waals surface area contributed by atoms with Crippen LogP contribution in [0.25, 0.3) is 6.08 Å². The van der Waals surface area contributed by atoms with Crippen molar-refractivity contribution >= 4 is 29.6 Å². The molecule has 2 aromatic carbocycles. The van der Waals surface area contributed by atoms with Crippen LogP contribution in [0.15, 0.2) is 48.5 Å². The maximum Gasteiger partial charge on any atom is 0.337 e. The number of esters is 2. The van der Waals surface area contributed by atoms with Crippen molar-refractivity contribution in [2.75, 3.05) is 19.0 Å². The zero-order chi connectivity index (χ0) is 22.6. The third-order valence-electron chi connectivity index (χ3n) is 5.27. The van der Waals surface area contributed by atoms with E-state index in [0.717, 1.165) is 25.7 Å². The van der Waals surface area contributed by atoms with Gasteiger partial charge in [-0.15, -0.1) is 0 Å². The third kappa shape index (κ3) is 4.91. The summed E-state index contributed by atoms with van der Waals surface area (Å²) < 4.78 is 21.5. The number of carbonyl (C=O) groups excluding carboxylic acids is 3. The number of hydrogen-bond donors (Lipinski definition) is 1. The van der Waals surface area contributed by atoms with E-state index >= 15 is 0 Å². The molecule has 0 atom stereocenters. The molecule has 0 aromatic heterocycles. The Hall–Kier alpha value is -3.81. The van der Waals surface area contributed by atoms with Crippen molar-refractivity contribution in [2.45, 2.75) is 31.5 Å². The molecule has 1 spiro atoms. The Morgan fingerprint density at radius 3 is 2.47 bits per heavy atom. The van der Waals surface area contributed by atoms with Crippen LogP contribution in [-0.2, 0) is 19.1 Å². The van der Waals surface area contributed by atoms with Crippen molar-refractivity contribution in [3.05, 3.63) is 59.7 Å². The van der Waals surface area contributed by atoms with Crippen LogP contribution in [0, 0.1) is 0 Å². The van der Waals surface area contributed by atoms with Gasteiger partial charge < -0.3 is 24.3 Å². The zero-order valence-electron chi connectivity index (χ0n) is 17.6. The number of benzene rings is 2. The van der Waals surface area contributed by atoms with E-state index in [4.69, 9.17) is 14.2 Å². The van der Waals surface area contributed by atoms with Gasteiger partial charge in [0.1, 0.15) is 0 Å². The molecule has 1 fully saturated rings. The normalized spacial score (nSPS) is 15.7. The second kappa shape index (κ2) is 9.13. The minimum absolute atomic E-state index is 0.408. The van der Waals surface area contributed by atoms with Crippen LogP contribution in [0.1, 0.15) is 41.6 Å². The fraction of sp³-hybridized carbons (Fsp3) is 0.292. The number of amides is 1. The molecule has 32 heavy (non-hydrogen) atoms. The molecule has 8 nitrogen and oxygen atoms in total. The molecule has 1 heterocycles. The van der Waals surface area contributed by atoms with Crippen LogP contribution in [0.5, 0.6) is 11.5 Å². The Morgan fingerprint density at radius 1 is 1.03 bits per heavy atom. The predicted molar refractivity (Wildman–Crippen MR) is 115 cm³/mol. The van der Waals surface area contributed by atoms with Crippen LogP contribution >= 0.6 is 0 Å². The Bertz CT molecular complexity index is 1050. The van der Waals surface area contributed by atoms with Crippen molar-refractivity contribution in [1.29, 1.82) is 0 Å². The number of rotatable bonds is 6. The minimum Gasteiger partial charge on any atom is -0.465 e. The summed E-state index contributed by atoms with van der Waals surface area (Å²) in [6.07, 6.45) is 6.57. The van der Waals surface area contributed by atoms with Gasteiger partial charge >= 0.3 is 11.9 Å². The lowest BCUT2D eigenvalue weighted by Crippen LogP contribution is -2.34. The first-order valence-electron chi connectivity index (χ1n) is 10.3. The molecule has 0 bridgehead atoms. The molecule has 0 saturated heterocycles. The Kier molecular flexibility index (Phi) is 6.11. The average Bonchev–Trinajstić information content (AvgIpc) is 3.41. The highest BCUT2D eigenvalue weighted by atomic mass is 16.7. The van der Waals surface area contributed by atoms with E-state index in [2.05, 4.69) is 10.1 Å². The van der Waals surface area contributed by atoms with Gasteiger partial charge in [0.25, 0.3) is 11.7 Å². The summed E-state index contributed by atoms with van der Waals surface area (Å²) in [5.41, 5.74) is 1.63. The lowest BCUT2D eigenvalue weighted by atomic mass is 10.1. The van der Waals surface area contributed by atoms with Crippen molar-refractivity contribution in [3.63, 3.8) is 0 Å². The molecule has 166 valence electrons. The van der Waals surface area contributed by atoms with E-state index < -0.39 is 30.2 Å². The van der Waals surface area contributed by atoms with Gasteiger partial charge in [-0.25, -0.2) is 9.59 Å². The summed E-state index contributed by atoms with van der Waals surface area (Å²) in [6.45, 7) is -0.428. The molecular formula is C24H23NO7. The van der Waals surface area contributed by atoms with Gasteiger partial charge in [0.05, 0.1) is 12.7 Å². The largest absolute Gasteiger partial charge is 0.465 e. The lowest BCUT2D eigenvalue weighted by molar-refractivity contribution is -0.142. The molecule has 4 rings (SSSR count). The smallest absolute Gasteiger partial charge is 0.337 e. The first-order valence-corrected chi connectivity index (χ1v) is 10.3. The number of hydrogen-bond acceptors (Lipinski definition) is 7. The summed E-state index contributed by atoms with van der Waals surface area (Å²) in [7, 11) is 1.31. The van der Waals surface area contributed by atoms with Gasteiger partial charge in [-0.1, -0.05) is 12.1 Å².